The van der Waals surface area contributed by atoms with Crippen molar-refractivity contribution in [3.63, 3.8) is 0 Å². The van der Waals surface area contributed by atoms with E-state index in [9.17, 15) is 4.79 Å². The minimum absolute atomic E-state index is 0.00340. The molecule has 0 N–H and O–H groups in total. The number of hydrogen-bond donors (Lipinski definition) is 0. The second kappa shape index (κ2) is 9.76. The third-order valence-corrected chi connectivity index (χ3v) is 5.63. The Hall–Kier alpha value is -2.83. The number of aryl methyl sites for hydroxylation is 3. The number of rotatable bonds is 9. The maximum atomic E-state index is 13.6. The number of benzene rings is 2. The van der Waals surface area contributed by atoms with Crippen LogP contribution >= 0.6 is 0 Å². The van der Waals surface area contributed by atoms with Gasteiger partial charge in [-0.1, -0.05) is 29.8 Å². The van der Waals surface area contributed by atoms with Crippen molar-refractivity contribution in [3.05, 3.63) is 70.0 Å². The van der Waals surface area contributed by atoms with Gasteiger partial charge in [-0.3, -0.25) is 4.79 Å². The molecule has 172 valence electrons. The molecule has 0 bridgehead atoms. The van der Waals surface area contributed by atoms with E-state index in [1.54, 1.807) is 7.11 Å². The molecule has 6 nitrogen and oxygen atoms in total. The molecule has 1 aliphatic rings. The Morgan fingerprint density at radius 1 is 1.00 bits per heavy atom. The quantitative estimate of drug-likeness (QED) is 0.402. The standard InChI is InChI=1S/C26H33NO5/c1-8-30-16-32-27-25(28)23(22-18(3)13-17(2)14-19(22)4)24(26(27,5)6)31-15-20-9-11-21(29-7)12-10-20/h9-14H,8,15-16H2,1-7H3. The van der Waals surface area contributed by atoms with Crippen molar-refractivity contribution >= 4 is 11.5 Å². The molecule has 1 amide bonds. The van der Waals surface area contributed by atoms with Gasteiger partial charge in [0, 0.05) is 6.61 Å². The molecule has 0 saturated carbocycles. The van der Waals surface area contributed by atoms with E-state index >= 15 is 0 Å². The number of amides is 1. The van der Waals surface area contributed by atoms with E-state index in [2.05, 4.69) is 19.1 Å². The summed E-state index contributed by atoms with van der Waals surface area (Å²) in [5, 5.41) is 1.38. The molecule has 2 aromatic carbocycles. The van der Waals surface area contributed by atoms with E-state index in [1.807, 2.05) is 58.9 Å². The van der Waals surface area contributed by atoms with Crippen LogP contribution in [0.1, 0.15) is 48.6 Å². The van der Waals surface area contributed by atoms with Crippen molar-refractivity contribution in [1.82, 2.24) is 5.06 Å². The Morgan fingerprint density at radius 3 is 2.19 bits per heavy atom. The monoisotopic (exact) mass is 439 g/mol. The zero-order chi connectivity index (χ0) is 23.5. The van der Waals surface area contributed by atoms with Gasteiger partial charge in [-0.05, 0) is 75.9 Å². The summed E-state index contributed by atoms with van der Waals surface area (Å²) in [6, 6.07) is 11.9. The fourth-order valence-corrected chi connectivity index (χ4v) is 4.16. The lowest BCUT2D eigenvalue weighted by Gasteiger charge is -2.32. The van der Waals surface area contributed by atoms with E-state index in [1.165, 1.54) is 5.06 Å². The molecule has 0 saturated heterocycles. The topological polar surface area (TPSA) is 57.2 Å². The van der Waals surface area contributed by atoms with E-state index in [-0.39, 0.29) is 12.7 Å². The molecule has 6 heteroatoms. The second-order valence-electron chi connectivity index (χ2n) is 8.51. The summed E-state index contributed by atoms with van der Waals surface area (Å²) in [5.74, 6) is 1.14. The van der Waals surface area contributed by atoms with Gasteiger partial charge in [0.25, 0.3) is 5.91 Å². The molecule has 32 heavy (non-hydrogen) atoms. The summed E-state index contributed by atoms with van der Waals surface area (Å²) in [7, 11) is 1.64. The first kappa shape index (κ1) is 23.8. The van der Waals surface area contributed by atoms with Gasteiger partial charge in [0.1, 0.15) is 23.7 Å². The summed E-state index contributed by atoms with van der Waals surface area (Å²) < 4.78 is 16.9. The third kappa shape index (κ3) is 4.66. The van der Waals surface area contributed by atoms with Crippen LogP contribution in [0.2, 0.25) is 0 Å². The molecule has 2 aromatic rings. The minimum Gasteiger partial charge on any atom is -0.497 e. The molecular formula is C26H33NO5. The van der Waals surface area contributed by atoms with Gasteiger partial charge < -0.3 is 14.2 Å². The highest BCUT2D eigenvalue weighted by atomic mass is 16.8. The molecule has 1 aliphatic heterocycles. The van der Waals surface area contributed by atoms with Crippen molar-refractivity contribution in [2.75, 3.05) is 20.5 Å². The Bertz CT molecular complexity index is 984. The van der Waals surface area contributed by atoms with Crippen LogP contribution in [0.5, 0.6) is 5.75 Å². The Balaban J connectivity index is 2.03. The molecule has 0 atom stereocenters. The Kier molecular flexibility index (Phi) is 7.26. The molecule has 0 radical (unpaired) electrons. The zero-order valence-electron chi connectivity index (χ0n) is 20.1. The molecule has 0 aromatic heterocycles. The molecule has 0 aliphatic carbocycles. The lowest BCUT2D eigenvalue weighted by molar-refractivity contribution is -0.243. The van der Waals surface area contributed by atoms with Gasteiger partial charge in [-0.15, -0.1) is 0 Å². The molecular weight excluding hydrogens is 406 g/mol. The predicted octanol–water partition coefficient (Wildman–Crippen LogP) is 5.09. The lowest BCUT2D eigenvalue weighted by atomic mass is 9.91. The molecule has 0 unspecified atom stereocenters. The summed E-state index contributed by atoms with van der Waals surface area (Å²) in [6.07, 6.45) is 0. The second-order valence-corrected chi connectivity index (χ2v) is 8.51. The van der Waals surface area contributed by atoms with E-state index < -0.39 is 5.54 Å². The average molecular weight is 440 g/mol. The SMILES string of the molecule is CCOCON1C(=O)C(c2c(C)cc(C)cc2C)=C(OCc2ccc(OC)cc2)C1(C)C. The van der Waals surface area contributed by atoms with Crippen molar-refractivity contribution in [3.8, 4) is 5.75 Å². The van der Waals surface area contributed by atoms with Gasteiger partial charge in [0.2, 0.25) is 0 Å². The number of nitrogens with zero attached hydrogens (tertiary/aromatic N) is 1. The first-order valence-electron chi connectivity index (χ1n) is 10.8. The van der Waals surface area contributed by atoms with Crippen LogP contribution in [0.25, 0.3) is 5.57 Å². The van der Waals surface area contributed by atoms with Crippen LogP contribution in [-0.2, 0) is 25.7 Å². The number of hydrogen-bond acceptors (Lipinski definition) is 5. The first-order chi connectivity index (χ1) is 15.2. The van der Waals surface area contributed by atoms with Gasteiger partial charge in [-0.25, -0.2) is 9.90 Å². The lowest BCUT2D eigenvalue weighted by Crippen LogP contribution is -2.44. The van der Waals surface area contributed by atoms with E-state index in [0.29, 0.717) is 24.5 Å². The van der Waals surface area contributed by atoms with Crippen LogP contribution in [0, 0.1) is 20.8 Å². The summed E-state index contributed by atoms with van der Waals surface area (Å²) in [6.45, 7) is 12.6. The van der Waals surface area contributed by atoms with Gasteiger partial charge >= 0.3 is 0 Å². The van der Waals surface area contributed by atoms with Crippen LogP contribution in [0.15, 0.2) is 42.2 Å². The van der Waals surface area contributed by atoms with Crippen molar-refractivity contribution in [2.24, 2.45) is 0 Å². The first-order valence-corrected chi connectivity index (χ1v) is 10.8. The molecule has 0 fully saturated rings. The van der Waals surface area contributed by atoms with Crippen molar-refractivity contribution in [2.45, 2.75) is 53.7 Å². The van der Waals surface area contributed by atoms with E-state index in [0.717, 1.165) is 33.6 Å². The highest BCUT2D eigenvalue weighted by molar-refractivity contribution is 6.23. The molecule has 1 heterocycles. The largest absolute Gasteiger partial charge is 0.497 e. The number of carbonyl (C=O) groups is 1. The predicted molar refractivity (Wildman–Crippen MR) is 124 cm³/mol. The fourth-order valence-electron chi connectivity index (χ4n) is 4.16. The maximum absolute atomic E-state index is 13.6. The molecule has 0 spiro atoms. The number of ether oxygens (including phenoxy) is 3. The number of methoxy groups -OCH3 is 1. The summed E-state index contributed by atoms with van der Waals surface area (Å²) in [5.41, 5.74) is 4.81. The van der Waals surface area contributed by atoms with Gasteiger partial charge in [-0.2, -0.15) is 0 Å². The smallest absolute Gasteiger partial charge is 0.282 e. The number of carbonyl (C=O) groups excluding carboxylic acids is 1. The summed E-state index contributed by atoms with van der Waals surface area (Å²) >= 11 is 0. The van der Waals surface area contributed by atoms with Crippen molar-refractivity contribution < 1.29 is 23.8 Å². The fraction of sp³-hybridized carbons (Fsp3) is 0.423. The third-order valence-electron chi connectivity index (χ3n) is 5.63. The molecule has 3 rings (SSSR count). The van der Waals surface area contributed by atoms with Gasteiger partial charge in [0.05, 0.1) is 12.7 Å². The van der Waals surface area contributed by atoms with Crippen LogP contribution in [-0.4, -0.2) is 37.0 Å². The highest BCUT2D eigenvalue weighted by Gasteiger charge is 2.49. The van der Waals surface area contributed by atoms with Crippen molar-refractivity contribution in [1.29, 1.82) is 0 Å². The Morgan fingerprint density at radius 2 is 1.62 bits per heavy atom. The van der Waals surface area contributed by atoms with E-state index in [4.69, 9.17) is 19.0 Å². The average Bonchev–Trinajstić information content (AvgIpc) is 2.92. The minimum atomic E-state index is -0.806. The zero-order valence-corrected chi connectivity index (χ0v) is 20.1. The van der Waals surface area contributed by atoms with Crippen LogP contribution in [0.3, 0.4) is 0 Å². The maximum Gasteiger partial charge on any atom is 0.282 e. The summed E-state index contributed by atoms with van der Waals surface area (Å²) in [4.78, 5) is 19.4. The van der Waals surface area contributed by atoms with Crippen LogP contribution in [0.4, 0.5) is 0 Å². The van der Waals surface area contributed by atoms with Crippen LogP contribution < -0.4 is 4.74 Å². The number of hydroxylamine groups is 2. The normalized spacial score (nSPS) is 15.5. The highest BCUT2D eigenvalue weighted by Crippen LogP contribution is 2.43. The Labute approximate surface area is 190 Å². The van der Waals surface area contributed by atoms with Gasteiger partial charge in [0.15, 0.2) is 6.79 Å².